The van der Waals surface area contributed by atoms with Crippen molar-refractivity contribution in [2.24, 2.45) is 5.41 Å². The zero-order valence-corrected chi connectivity index (χ0v) is 9.97. The van der Waals surface area contributed by atoms with Crippen LogP contribution < -0.4 is 5.32 Å². The number of nitrogens with zero attached hydrogens (tertiary/aromatic N) is 2. The Morgan fingerprint density at radius 1 is 1.56 bits per heavy atom. The lowest BCUT2D eigenvalue weighted by Crippen LogP contribution is -2.11. The minimum absolute atomic E-state index is 0.0260. The van der Waals surface area contributed by atoms with Gasteiger partial charge in [0.25, 0.3) is 11.7 Å². The zero-order chi connectivity index (χ0) is 12.8. The summed E-state index contributed by atoms with van der Waals surface area (Å²) in [6, 6.07) is 5.06. The summed E-state index contributed by atoms with van der Waals surface area (Å²) >= 11 is 0. The van der Waals surface area contributed by atoms with Crippen molar-refractivity contribution < 1.29 is 9.34 Å². The first kappa shape index (κ1) is 11.0. The van der Waals surface area contributed by atoms with Crippen molar-refractivity contribution in [3.05, 3.63) is 28.3 Å². The molecule has 6 nitrogen and oxygen atoms in total. The molecule has 0 amide bonds. The van der Waals surface area contributed by atoms with E-state index in [0.717, 1.165) is 6.54 Å². The fraction of sp³-hybridized carbons (Fsp3) is 0.417. The first-order chi connectivity index (χ1) is 8.57. The van der Waals surface area contributed by atoms with Gasteiger partial charge < -0.3 is 9.73 Å². The maximum Gasteiger partial charge on any atom is 0.298 e. The van der Waals surface area contributed by atoms with Crippen molar-refractivity contribution in [3.63, 3.8) is 0 Å². The van der Waals surface area contributed by atoms with Gasteiger partial charge in [-0.1, -0.05) is 13.0 Å². The van der Waals surface area contributed by atoms with E-state index in [9.17, 15) is 10.1 Å². The fourth-order valence-electron chi connectivity index (χ4n) is 1.84. The van der Waals surface area contributed by atoms with Gasteiger partial charge >= 0.3 is 0 Å². The molecule has 18 heavy (non-hydrogen) atoms. The lowest BCUT2D eigenvalue weighted by atomic mass is 10.1. The molecular formula is C12H13N3O3. The van der Waals surface area contributed by atoms with E-state index in [-0.39, 0.29) is 5.69 Å². The first-order valence-corrected chi connectivity index (χ1v) is 5.85. The first-order valence-electron chi connectivity index (χ1n) is 5.85. The Labute approximate surface area is 103 Å². The number of oxazole rings is 1. The summed E-state index contributed by atoms with van der Waals surface area (Å²) in [5.74, 6) is 0. The lowest BCUT2D eigenvalue weighted by Gasteiger charge is -2.06. The van der Waals surface area contributed by atoms with E-state index in [1.165, 1.54) is 18.9 Å². The van der Waals surface area contributed by atoms with Gasteiger partial charge in [0.2, 0.25) is 0 Å². The molecule has 2 aromatic rings. The number of para-hydroxylation sites is 1. The Hall–Kier alpha value is -2.11. The van der Waals surface area contributed by atoms with Gasteiger partial charge in [0, 0.05) is 12.6 Å². The average molecular weight is 247 g/mol. The topological polar surface area (TPSA) is 81.2 Å². The Bertz CT molecular complexity index is 616. The van der Waals surface area contributed by atoms with Crippen molar-refractivity contribution in [2.75, 3.05) is 11.9 Å². The van der Waals surface area contributed by atoms with Crippen LogP contribution >= 0.6 is 0 Å². The van der Waals surface area contributed by atoms with Gasteiger partial charge in [-0.05, 0) is 24.3 Å². The van der Waals surface area contributed by atoms with Gasteiger partial charge in [0.05, 0.1) is 4.92 Å². The summed E-state index contributed by atoms with van der Waals surface area (Å²) in [7, 11) is 0. The molecule has 3 rings (SSSR count). The number of hydrogen-bond acceptors (Lipinski definition) is 5. The molecule has 1 aliphatic carbocycles. The highest BCUT2D eigenvalue weighted by molar-refractivity contribution is 5.83. The summed E-state index contributed by atoms with van der Waals surface area (Å²) in [4.78, 5) is 14.6. The molecule has 1 aromatic heterocycles. The molecule has 6 heteroatoms. The van der Waals surface area contributed by atoms with Crippen LogP contribution in [0.3, 0.4) is 0 Å². The van der Waals surface area contributed by atoms with Crippen LogP contribution in [0.5, 0.6) is 0 Å². The standard InChI is InChI=1S/C12H13N3O3/c1-12(5-6-12)7-13-11-14-10-8(15(16)17)3-2-4-9(10)18-11/h2-4H,5-7H2,1H3,(H,13,14). The molecule has 0 spiro atoms. The molecule has 0 unspecified atom stereocenters. The summed E-state index contributed by atoms with van der Waals surface area (Å²) in [5.41, 5.74) is 1.03. The normalized spacial score (nSPS) is 16.7. The Balaban J connectivity index is 1.90. The van der Waals surface area contributed by atoms with Crippen LogP contribution in [0, 0.1) is 15.5 Å². The molecule has 0 bridgehead atoms. The number of anilines is 1. The monoisotopic (exact) mass is 247 g/mol. The molecule has 94 valence electrons. The number of nitro benzene ring substituents is 1. The quantitative estimate of drug-likeness (QED) is 0.663. The zero-order valence-electron chi connectivity index (χ0n) is 9.97. The number of benzene rings is 1. The summed E-state index contributed by atoms with van der Waals surface area (Å²) in [5, 5.41) is 14.0. The molecule has 0 aliphatic heterocycles. The van der Waals surface area contributed by atoms with Crippen LogP contribution in [-0.4, -0.2) is 16.5 Å². The minimum Gasteiger partial charge on any atom is -0.423 e. The van der Waals surface area contributed by atoms with Gasteiger partial charge in [0.15, 0.2) is 11.1 Å². The molecule has 1 aromatic carbocycles. The summed E-state index contributed by atoms with van der Waals surface area (Å²) in [6.07, 6.45) is 2.39. The number of non-ortho nitro benzene ring substituents is 1. The van der Waals surface area contributed by atoms with Crippen molar-refractivity contribution in [1.29, 1.82) is 0 Å². The Morgan fingerprint density at radius 2 is 2.33 bits per heavy atom. The highest BCUT2D eigenvalue weighted by atomic mass is 16.6. The maximum atomic E-state index is 10.9. The number of rotatable bonds is 4. The highest BCUT2D eigenvalue weighted by Gasteiger charge is 2.37. The van der Waals surface area contributed by atoms with Crippen LogP contribution in [0.1, 0.15) is 19.8 Å². The van der Waals surface area contributed by atoms with Crippen molar-refractivity contribution >= 4 is 22.8 Å². The Kier molecular flexibility index (Phi) is 2.26. The van der Waals surface area contributed by atoms with Crippen molar-refractivity contribution in [3.8, 4) is 0 Å². The van der Waals surface area contributed by atoms with Gasteiger partial charge in [-0.25, -0.2) is 0 Å². The third-order valence-corrected chi connectivity index (χ3v) is 3.36. The molecule has 0 atom stereocenters. The van der Waals surface area contributed by atoms with Gasteiger partial charge in [-0.3, -0.25) is 10.1 Å². The van der Waals surface area contributed by atoms with Gasteiger partial charge in [-0.15, -0.1) is 0 Å². The molecule has 1 heterocycles. The largest absolute Gasteiger partial charge is 0.423 e. The van der Waals surface area contributed by atoms with Crippen LogP contribution in [0.25, 0.3) is 11.1 Å². The second-order valence-electron chi connectivity index (χ2n) is 5.06. The lowest BCUT2D eigenvalue weighted by molar-refractivity contribution is -0.383. The maximum absolute atomic E-state index is 10.9. The van der Waals surface area contributed by atoms with E-state index >= 15 is 0 Å². The molecule has 1 aliphatic rings. The number of nitro groups is 1. The minimum atomic E-state index is -0.448. The smallest absolute Gasteiger partial charge is 0.298 e. The van der Waals surface area contributed by atoms with Crippen LogP contribution in [0.15, 0.2) is 22.6 Å². The molecule has 1 saturated carbocycles. The SMILES string of the molecule is CC1(CNc2nc3c([N+](=O)[O-])cccc3o2)CC1. The van der Waals surface area contributed by atoms with E-state index < -0.39 is 4.92 Å². The highest BCUT2D eigenvalue weighted by Crippen LogP contribution is 2.44. The predicted molar refractivity (Wildman–Crippen MR) is 66.5 cm³/mol. The molecular weight excluding hydrogens is 234 g/mol. The van der Waals surface area contributed by atoms with E-state index in [1.54, 1.807) is 12.1 Å². The molecule has 1 fully saturated rings. The number of aromatic nitrogens is 1. The summed E-state index contributed by atoms with van der Waals surface area (Å²) in [6.45, 7) is 2.97. The van der Waals surface area contributed by atoms with E-state index in [4.69, 9.17) is 4.42 Å². The van der Waals surface area contributed by atoms with Crippen molar-refractivity contribution in [2.45, 2.75) is 19.8 Å². The van der Waals surface area contributed by atoms with E-state index in [2.05, 4.69) is 17.2 Å². The van der Waals surface area contributed by atoms with Crippen molar-refractivity contribution in [1.82, 2.24) is 4.98 Å². The molecule has 0 radical (unpaired) electrons. The number of fused-ring (bicyclic) bond motifs is 1. The average Bonchev–Trinajstić information content (AvgIpc) is 2.92. The van der Waals surface area contributed by atoms with Crippen LogP contribution in [0.4, 0.5) is 11.7 Å². The second-order valence-corrected chi connectivity index (χ2v) is 5.06. The molecule has 1 N–H and O–H groups in total. The predicted octanol–water partition coefficient (Wildman–Crippen LogP) is 2.95. The Morgan fingerprint density at radius 3 is 3.00 bits per heavy atom. The molecule has 0 saturated heterocycles. The van der Waals surface area contributed by atoms with E-state index in [0.29, 0.717) is 22.5 Å². The number of nitrogens with one attached hydrogen (secondary N) is 1. The number of hydrogen-bond donors (Lipinski definition) is 1. The van der Waals surface area contributed by atoms with Crippen LogP contribution in [-0.2, 0) is 0 Å². The van der Waals surface area contributed by atoms with E-state index in [1.807, 2.05) is 0 Å². The van der Waals surface area contributed by atoms with Gasteiger partial charge in [-0.2, -0.15) is 4.98 Å². The summed E-state index contributed by atoms with van der Waals surface area (Å²) < 4.78 is 5.46. The third-order valence-electron chi connectivity index (χ3n) is 3.36. The van der Waals surface area contributed by atoms with Gasteiger partial charge in [0.1, 0.15) is 0 Å². The second kappa shape index (κ2) is 3.69. The third kappa shape index (κ3) is 1.90. The fourth-order valence-corrected chi connectivity index (χ4v) is 1.84. The van der Waals surface area contributed by atoms with Crippen LogP contribution in [0.2, 0.25) is 0 Å².